The minimum absolute atomic E-state index is 0.119. The van der Waals surface area contributed by atoms with E-state index in [1.807, 2.05) is 24.3 Å². The summed E-state index contributed by atoms with van der Waals surface area (Å²) in [6.07, 6.45) is 3.14. The lowest BCUT2D eigenvalue weighted by Gasteiger charge is -2.47. The molecule has 2 unspecified atom stereocenters. The van der Waals surface area contributed by atoms with E-state index in [1.54, 1.807) is 12.4 Å². The van der Waals surface area contributed by atoms with Crippen LogP contribution in [0.15, 0.2) is 59.0 Å². The summed E-state index contributed by atoms with van der Waals surface area (Å²) in [6.45, 7) is 27.1. The minimum atomic E-state index is -1.99. The van der Waals surface area contributed by atoms with Crippen LogP contribution in [0.25, 0.3) is 0 Å². The number of anilines is 1. The monoisotopic (exact) mass is 514 g/mol. The molecule has 0 saturated carbocycles. The van der Waals surface area contributed by atoms with E-state index in [0.717, 1.165) is 17.1 Å². The topological polar surface area (TPSA) is 59.3 Å². The smallest absolute Gasteiger partial charge is 0.194 e. The van der Waals surface area contributed by atoms with Gasteiger partial charge in [0.1, 0.15) is 12.5 Å². The average molecular weight is 515 g/mol. The maximum absolute atomic E-state index is 6.83. The number of nitrogens with zero attached hydrogens (tertiary/aromatic N) is 4. The van der Waals surface area contributed by atoms with Gasteiger partial charge in [-0.3, -0.25) is 4.98 Å². The van der Waals surface area contributed by atoms with Gasteiger partial charge in [-0.05, 0) is 86.5 Å². The third kappa shape index (κ3) is 7.80. The molecule has 0 radical (unpaired) electrons. The maximum Gasteiger partial charge on any atom is 0.194 e. The van der Waals surface area contributed by atoms with Crippen LogP contribution >= 0.6 is 0 Å². The van der Waals surface area contributed by atoms with Crippen molar-refractivity contribution in [3.8, 4) is 0 Å². The molecule has 35 heavy (non-hydrogen) atoms. The summed E-state index contributed by atoms with van der Waals surface area (Å²) in [4.78, 5) is 6.29. The molecule has 1 aromatic heterocycles. The fraction of sp³-hybridized carbons (Fsp3) is 0.593. The van der Waals surface area contributed by atoms with Gasteiger partial charge in [0.15, 0.2) is 16.6 Å². The predicted octanol–water partition coefficient (Wildman–Crippen LogP) is 9.04. The van der Waals surface area contributed by atoms with Gasteiger partial charge in [-0.2, -0.15) is 10.2 Å². The van der Waals surface area contributed by atoms with E-state index in [4.69, 9.17) is 8.85 Å². The third-order valence-electron chi connectivity index (χ3n) is 7.42. The number of benzene rings is 1. The van der Waals surface area contributed by atoms with Gasteiger partial charge in [0.05, 0.1) is 11.4 Å². The lowest BCUT2D eigenvalue weighted by atomic mass is 10.2. The highest BCUT2D eigenvalue weighted by molar-refractivity contribution is 6.74. The Morgan fingerprint density at radius 3 is 1.43 bits per heavy atom. The first-order chi connectivity index (χ1) is 15.9. The van der Waals surface area contributed by atoms with Crippen molar-refractivity contribution < 1.29 is 8.85 Å². The molecule has 0 fully saturated rings. The second-order valence-corrected chi connectivity index (χ2v) is 21.8. The van der Waals surface area contributed by atoms with Gasteiger partial charge in [-0.1, -0.05) is 41.5 Å². The van der Waals surface area contributed by atoms with E-state index < -0.39 is 16.6 Å². The normalized spacial score (nSPS) is 15.3. The number of azo groups is 1. The molecule has 0 saturated heterocycles. The molecule has 0 spiro atoms. The highest BCUT2D eigenvalue weighted by Crippen LogP contribution is 2.40. The molecule has 1 aromatic carbocycles. The van der Waals surface area contributed by atoms with Crippen LogP contribution in [0.1, 0.15) is 55.4 Å². The average Bonchev–Trinajstić information content (AvgIpc) is 2.71. The van der Waals surface area contributed by atoms with Crippen LogP contribution in [-0.4, -0.2) is 34.1 Å². The Morgan fingerprint density at radius 2 is 1.06 bits per heavy atom. The molecule has 6 nitrogen and oxygen atoms in total. The summed E-state index contributed by atoms with van der Waals surface area (Å²) in [5, 5.41) is 8.92. The second kappa shape index (κ2) is 11.0. The predicted molar refractivity (Wildman–Crippen MR) is 153 cm³/mol. The number of hydrogen-bond acceptors (Lipinski definition) is 6. The highest BCUT2D eigenvalue weighted by atomic mass is 28.4. The van der Waals surface area contributed by atoms with E-state index in [9.17, 15) is 0 Å². The number of rotatable bonds is 9. The van der Waals surface area contributed by atoms with Crippen LogP contribution in [0.5, 0.6) is 0 Å². The Labute approximate surface area is 215 Å². The van der Waals surface area contributed by atoms with E-state index in [-0.39, 0.29) is 22.5 Å². The molecule has 0 aliphatic rings. The molecule has 1 heterocycles. The zero-order valence-electron chi connectivity index (χ0n) is 23.9. The second-order valence-electron chi connectivity index (χ2n) is 12.3. The molecular formula is C27H46N4O2Si2. The SMILES string of the molecule is CC(O[Si](C)(C)C(C)(C)C)N(c1ccc(/N=N/c2ccncc2)cc1)C(C)O[Si](C)(C)C(C)(C)C. The van der Waals surface area contributed by atoms with Gasteiger partial charge in [0.2, 0.25) is 0 Å². The Kier molecular flexibility index (Phi) is 9.25. The zero-order chi connectivity index (χ0) is 26.7. The number of hydrogen-bond donors (Lipinski definition) is 0. The molecule has 2 atom stereocenters. The molecule has 0 N–H and O–H groups in total. The summed E-state index contributed by atoms with van der Waals surface area (Å²) >= 11 is 0. The minimum Gasteiger partial charge on any atom is -0.397 e. The molecule has 8 heteroatoms. The fourth-order valence-corrected chi connectivity index (χ4v) is 5.89. The van der Waals surface area contributed by atoms with Crippen LogP contribution in [0.4, 0.5) is 17.1 Å². The summed E-state index contributed by atoms with van der Waals surface area (Å²) < 4.78 is 13.7. The van der Waals surface area contributed by atoms with Crippen LogP contribution in [-0.2, 0) is 8.85 Å². The van der Waals surface area contributed by atoms with Gasteiger partial charge in [-0.15, -0.1) is 0 Å². The van der Waals surface area contributed by atoms with Gasteiger partial charge in [0.25, 0.3) is 0 Å². The highest BCUT2D eigenvalue weighted by Gasteiger charge is 2.42. The van der Waals surface area contributed by atoms with Crippen molar-refractivity contribution in [2.45, 2.75) is 104 Å². The Balaban J connectivity index is 2.36. The Hall–Kier alpha value is -1.88. The first-order valence-electron chi connectivity index (χ1n) is 12.5. The summed E-state index contributed by atoms with van der Waals surface area (Å²) in [5.74, 6) is 0. The molecular weight excluding hydrogens is 468 g/mol. The van der Waals surface area contributed by atoms with Crippen molar-refractivity contribution in [2.75, 3.05) is 4.90 Å². The van der Waals surface area contributed by atoms with E-state index >= 15 is 0 Å². The van der Waals surface area contributed by atoms with Crippen LogP contribution in [0, 0.1) is 0 Å². The molecule has 2 aromatic rings. The van der Waals surface area contributed by atoms with Crippen molar-refractivity contribution >= 4 is 33.7 Å². The Bertz CT molecular complexity index is 931. The molecule has 194 valence electrons. The molecule has 0 aliphatic heterocycles. The van der Waals surface area contributed by atoms with Gasteiger partial charge in [-0.25, -0.2) is 0 Å². The summed E-state index contributed by atoms with van der Waals surface area (Å²) in [5.41, 5.74) is 2.62. The zero-order valence-corrected chi connectivity index (χ0v) is 25.9. The fourth-order valence-electron chi connectivity index (χ4n) is 3.25. The van der Waals surface area contributed by atoms with Gasteiger partial charge >= 0.3 is 0 Å². The van der Waals surface area contributed by atoms with Crippen molar-refractivity contribution in [1.29, 1.82) is 0 Å². The van der Waals surface area contributed by atoms with E-state index in [1.165, 1.54) is 0 Å². The Morgan fingerprint density at radius 1 is 0.686 bits per heavy atom. The van der Waals surface area contributed by atoms with E-state index in [2.05, 4.69) is 114 Å². The van der Waals surface area contributed by atoms with E-state index in [0.29, 0.717) is 0 Å². The van der Waals surface area contributed by atoms with Gasteiger partial charge < -0.3 is 13.8 Å². The number of aromatic nitrogens is 1. The summed E-state index contributed by atoms with van der Waals surface area (Å²) in [6, 6.07) is 11.8. The molecule has 0 bridgehead atoms. The van der Waals surface area contributed by atoms with Crippen LogP contribution < -0.4 is 4.90 Å². The van der Waals surface area contributed by atoms with Crippen molar-refractivity contribution in [1.82, 2.24) is 4.98 Å². The standard InChI is InChI=1S/C27H46N4O2Si2/c1-21(32-34(9,10)26(3,4)5)31(22(2)33-35(11,12)27(6,7)8)25-15-13-23(14-16-25)29-30-24-17-19-28-20-18-24/h13-22H,1-12H3/b30-29+. The maximum atomic E-state index is 6.83. The first kappa shape index (κ1) is 29.4. The quantitative estimate of drug-likeness (QED) is 0.190. The summed E-state index contributed by atoms with van der Waals surface area (Å²) in [7, 11) is -3.98. The molecule has 0 aliphatic carbocycles. The van der Waals surface area contributed by atoms with Crippen molar-refractivity contribution in [3.63, 3.8) is 0 Å². The molecule has 0 amide bonds. The van der Waals surface area contributed by atoms with Crippen LogP contribution in [0.3, 0.4) is 0 Å². The lowest BCUT2D eigenvalue weighted by Crippen LogP contribution is -2.54. The van der Waals surface area contributed by atoms with Crippen molar-refractivity contribution in [2.24, 2.45) is 10.2 Å². The van der Waals surface area contributed by atoms with Crippen molar-refractivity contribution in [3.05, 3.63) is 48.8 Å². The van der Waals surface area contributed by atoms with Gasteiger partial charge in [0, 0.05) is 18.1 Å². The molecule has 2 rings (SSSR count). The lowest BCUT2D eigenvalue weighted by molar-refractivity contribution is 0.115. The largest absolute Gasteiger partial charge is 0.397 e. The first-order valence-corrected chi connectivity index (χ1v) is 18.3. The number of pyridine rings is 1. The van der Waals surface area contributed by atoms with Crippen LogP contribution in [0.2, 0.25) is 36.3 Å². The third-order valence-corrected chi connectivity index (χ3v) is 16.5.